The fraction of sp³-hybridized carbons (Fsp3) is 0.500. The quantitative estimate of drug-likeness (QED) is 0.847. The van der Waals surface area contributed by atoms with E-state index in [2.05, 4.69) is 16.5 Å². The predicted octanol–water partition coefficient (Wildman–Crippen LogP) is 4.02. The van der Waals surface area contributed by atoms with E-state index in [0.29, 0.717) is 6.42 Å². The maximum absolute atomic E-state index is 12.3. The van der Waals surface area contributed by atoms with Crippen LogP contribution in [0.25, 0.3) is 11.1 Å². The van der Waals surface area contributed by atoms with Crippen molar-refractivity contribution in [1.29, 1.82) is 0 Å². The summed E-state index contributed by atoms with van der Waals surface area (Å²) in [7, 11) is 1.93. The number of nitrogens with zero attached hydrogens (tertiary/aromatic N) is 3. The number of ether oxygens (including phenoxy) is 1. The number of carbonyl (C=O) groups excluding carboxylic acids is 2. The zero-order valence-corrected chi connectivity index (χ0v) is 18.2. The number of hydrogen-bond donors (Lipinski definition) is 1. The normalized spacial score (nSPS) is 18.6. The van der Waals surface area contributed by atoms with Crippen LogP contribution in [-0.2, 0) is 16.6 Å². The van der Waals surface area contributed by atoms with E-state index in [9.17, 15) is 9.59 Å². The molecule has 0 aliphatic carbocycles. The minimum absolute atomic E-state index is 0.0107. The van der Waals surface area contributed by atoms with Gasteiger partial charge in [0.05, 0.1) is 17.8 Å². The summed E-state index contributed by atoms with van der Waals surface area (Å²) in [6, 6.07) is 5.79. The zero-order chi connectivity index (χ0) is 21.5. The molecule has 7 nitrogen and oxygen atoms in total. The van der Waals surface area contributed by atoms with Gasteiger partial charge in [0, 0.05) is 37.0 Å². The monoisotopic (exact) mass is 398 g/mol. The highest BCUT2D eigenvalue weighted by Crippen LogP contribution is 2.40. The van der Waals surface area contributed by atoms with Gasteiger partial charge in [-0.1, -0.05) is 6.07 Å². The predicted molar refractivity (Wildman–Crippen MR) is 113 cm³/mol. The van der Waals surface area contributed by atoms with Crippen molar-refractivity contribution in [2.24, 2.45) is 7.05 Å². The van der Waals surface area contributed by atoms with Crippen LogP contribution in [0.2, 0.25) is 0 Å². The van der Waals surface area contributed by atoms with Crippen molar-refractivity contribution >= 4 is 17.7 Å². The molecule has 0 unspecified atom stereocenters. The Bertz CT molecular complexity index is 948. The van der Waals surface area contributed by atoms with Crippen LogP contribution in [-0.4, -0.2) is 33.9 Å². The lowest BCUT2D eigenvalue weighted by atomic mass is 9.89. The molecular weight excluding hydrogens is 368 g/mol. The van der Waals surface area contributed by atoms with E-state index in [1.165, 1.54) is 0 Å². The Balaban J connectivity index is 2.08. The maximum atomic E-state index is 12.3. The molecule has 2 heterocycles. The Morgan fingerprint density at radius 2 is 1.97 bits per heavy atom. The molecule has 1 aliphatic rings. The standard InChI is InChI=1S/C22H30N4O3/c1-12(2)29-22(28)23-19-10-13(3)26(16(6)27)20-9-8-17(11-18(19)20)21-14(4)24-25(7)15(21)5/h8-9,11-13,19H,10H2,1-7H3,(H,23,28)/t13-,19+/m0/s1. The van der Waals surface area contributed by atoms with Gasteiger partial charge in [0.2, 0.25) is 5.91 Å². The number of alkyl carbamates (subject to hydrolysis) is 1. The van der Waals surface area contributed by atoms with Crippen LogP contribution in [0.5, 0.6) is 0 Å². The van der Waals surface area contributed by atoms with Crippen molar-refractivity contribution in [3.63, 3.8) is 0 Å². The number of rotatable bonds is 3. The molecule has 3 rings (SSSR count). The number of hydrogen-bond acceptors (Lipinski definition) is 4. The van der Waals surface area contributed by atoms with Crippen LogP contribution in [0, 0.1) is 13.8 Å². The first-order valence-electron chi connectivity index (χ1n) is 10.0. The second-order valence-electron chi connectivity index (χ2n) is 8.07. The molecule has 1 N–H and O–H groups in total. The number of fused-ring (bicyclic) bond motifs is 1. The highest BCUT2D eigenvalue weighted by atomic mass is 16.6. The van der Waals surface area contributed by atoms with Gasteiger partial charge in [0.15, 0.2) is 0 Å². The number of anilines is 1. The molecule has 0 bridgehead atoms. The van der Waals surface area contributed by atoms with E-state index in [1.54, 1.807) is 11.8 Å². The second-order valence-corrected chi connectivity index (χ2v) is 8.07. The third kappa shape index (κ3) is 3.99. The van der Waals surface area contributed by atoms with Gasteiger partial charge in [0.25, 0.3) is 0 Å². The Morgan fingerprint density at radius 1 is 1.28 bits per heavy atom. The van der Waals surface area contributed by atoms with Gasteiger partial charge in [-0.2, -0.15) is 5.10 Å². The molecule has 29 heavy (non-hydrogen) atoms. The van der Waals surface area contributed by atoms with Gasteiger partial charge < -0.3 is 15.0 Å². The highest BCUT2D eigenvalue weighted by molar-refractivity contribution is 5.94. The second kappa shape index (κ2) is 7.89. The molecule has 0 radical (unpaired) electrons. The first-order valence-corrected chi connectivity index (χ1v) is 10.0. The van der Waals surface area contributed by atoms with Crippen LogP contribution in [0.4, 0.5) is 10.5 Å². The van der Waals surface area contributed by atoms with Crippen LogP contribution < -0.4 is 10.2 Å². The molecule has 0 saturated heterocycles. The van der Waals surface area contributed by atoms with Gasteiger partial charge in [-0.25, -0.2) is 4.79 Å². The molecule has 0 fully saturated rings. The van der Waals surface area contributed by atoms with Gasteiger partial charge in [-0.15, -0.1) is 0 Å². The number of nitrogens with one attached hydrogen (secondary N) is 1. The topological polar surface area (TPSA) is 76.5 Å². The fourth-order valence-electron chi connectivity index (χ4n) is 4.22. The molecule has 0 saturated carbocycles. The van der Waals surface area contributed by atoms with E-state index in [-0.39, 0.29) is 24.1 Å². The fourth-order valence-corrected chi connectivity index (χ4v) is 4.22. The number of benzene rings is 1. The third-order valence-electron chi connectivity index (χ3n) is 5.45. The van der Waals surface area contributed by atoms with E-state index in [4.69, 9.17) is 4.74 Å². The van der Waals surface area contributed by atoms with Crippen molar-refractivity contribution in [3.05, 3.63) is 35.2 Å². The summed E-state index contributed by atoms with van der Waals surface area (Å²) in [5, 5.41) is 7.51. The summed E-state index contributed by atoms with van der Waals surface area (Å²) in [5.74, 6) is -0.0107. The molecule has 156 valence electrons. The molecule has 1 aliphatic heterocycles. The van der Waals surface area contributed by atoms with E-state index in [0.717, 1.165) is 33.8 Å². The minimum atomic E-state index is -0.446. The van der Waals surface area contributed by atoms with Gasteiger partial charge in [0.1, 0.15) is 0 Å². The van der Waals surface area contributed by atoms with E-state index < -0.39 is 6.09 Å². The Hall–Kier alpha value is -2.83. The first-order chi connectivity index (χ1) is 13.6. The van der Waals surface area contributed by atoms with Crippen molar-refractivity contribution in [2.75, 3.05) is 4.90 Å². The number of amides is 2. The van der Waals surface area contributed by atoms with Crippen LogP contribution in [0.15, 0.2) is 18.2 Å². The first kappa shape index (κ1) is 20.9. The van der Waals surface area contributed by atoms with Crippen LogP contribution in [0.1, 0.15) is 57.1 Å². The summed E-state index contributed by atoms with van der Waals surface area (Å²) < 4.78 is 7.15. The van der Waals surface area contributed by atoms with Gasteiger partial charge >= 0.3 is 6.09 Å². The molecule has 2 aromatic rings. The SMILES string of the molecule is CC(=O)N1c2ccc(-c3c(C)nn(C)c3C)cc2[C@H](NC(=O)OC(C)C)C[C@@H]1C. The van der Waals surface area contributed by atoms with Crippen LogP contribution >= 0.6 is 0 Å². The zero-order valence-electron chi connectivity index (χ0n) is 18.2. The lowest BCUT2D eigenvalue weighted by Crippen LogP contribution is -2.45. The number of aromatic nitrogens is 2. The lowest BCUT2D eigenvalue weighted by Gasteiger charge is -2.39. The molecule has 7 heteroatoms. The molecule has 0 spiro atoms. The average Bonchev–Trinajstić information content (AvgIpc) is 2.85. The molecule has 2 amide bonds. The minimum Gasteiger partial charge on any atom is -0.447 e. The van der Waals surface area contributed by atoms with Crippen molar-refractivity contribution in [2.45, 2.75) is 66.2 Å². The molecule has 2 atom stereocenters. The molecule has 1 aromatic heterocycles. The number of aryl methyl sites for hydroxylation is 2. The summed E-state index contributed by atoms with van der Waals surface area (Å²) >= 11 is 0. The van der Waals surface area contributed by atoms with Gasteiger partial charge in [-0.3, -0.25) is 9.48 Å². The van der Waals surface area contributed by atoms with Crippen molar-refractivity contribution in [3.8, 4) is 11.1 Å². The van der Waals surface area contributed by atoms with E-state index in [1.807, 2.05) is 58.5 Å². The Labute approximate surface area is 172 Å². The largest absolute Gasteiger partial charge is 0.447 e. The summed E-state index contributed by atoms with van der Waals surface area (Å²) in [6.45, 7) is 11.2. The molecule has 1 aromatic carbocycles. The number of carbonyl (C=O) groups is 2. The van der Waals surface area contributed by atoms with Crippen LogP contribution in [0.3, 0.4) is 0 Å². The Kier molecular flexibility index (Phi) is 5.68. The summed E-state index contributed by atoms with van der Waals surface area (Å²) in [4.78, 5) is 26.4. The Morgan fingerprint density at radius 3 is 2.52 bits per heavy atom. The van der Waals surface area contributed by atoms with Crippen molar-refractivity contribution in [1.82, 2.24) is 15.1 Å². The van der Waals surface area contributed by atoms with E-state index >= 15 is 0 Å². The van der Waals surface area contributed by atoms with Crippen molar-refractivity contribution < 1.29 is 14.3 Å². The molecular formula is C22H30N4O3. The maximum Gasteiger partial charge on any atom is 0.407 e. The average molecular weight is 399 g/mol. The summed E-state index contributed by atoms with van der Waals surface area (Å²) in [5.41, 5.74) is 5.86. The smallest absolute Gasteiger partial charge is 0.407 e. The highest BCUT2D eigenvalue weighted by Gasteiger charge is 2.34. The van der Waals surface area contributed by atoms with Gasteiger partial charge in [-0.05, 0) is 64.3 Å². The third-order valence-corrected chi connectivity index (χ3v) is 5.45. The lowest BCUT2D eigenvalue weighted by molar-refractivity contribution is -0.117. The summed E-state index contributed by atoms with van der Waals surface area (Å²) in [6.07, 6.45) is -0.0244.